The van der Waals surface area contributed by atoms with Crippen molar-refractivity contribution in [1.29, 1.82) is 0 Å². The van der Waals surface area contributed by atoms with E-state index in [0.29, 0.717) is 0 Å². The molecule has 0 spiro atoms. The van der Waals surface area contributed by atoms with Crippen LogP contribution in [0.15, 0.2) is 0 Å². The van der Waals surface area contributed by atoms with Crippen LogP contribution >= 0.6 is 21.6 Å². The van der Waals surface area contributed by atoms with Crippen molar-refractivity contribution in [3.63, 3.8) is 0 Å². The average molecular weight is 371 g/mol. The van der Waals surface area contributed by atoms with Crippen LogP contribution in [0.4, 0.5) is 4.79 Å². The Labute approximate surface area is 126 Å². The first-order valence-corrected chi connectivity index (χ1v) is 6.19. The molecule has 0 aliphatic carbocycles. The molecule has 0 fully saturated rings. The molecule has 0 aliphatic heterocycles. The number of carboxylic acid groups (broad SMARTS) is 1. The van der Waals surface area contributed by atoms with E-state index in [9.17, 15) is 0 Å². The molecule has 84 valence electrons. The molecule has 0 rings (SSSR count). The van der Waals surface area contributed by atoms with Crippen molar-refractivity contribution < 1.29 is 50.7 Å². The summed E-state index contributed by atoms with van der Waals surface area (Å²) >= 11 is 0. The van der Waals surface area contributed by atoms with Gasteiger partial charge in [-0.15, -0.1) is 0 Å². The van der Waals surface area contributed by atoms with Gasteiger partial charge in [0.05, 0.1) is 0 Å². The molecule has 0 unspecified atom stereocenters. The molecule has 0 bridgehead atoms. The zero-order valence-corrected chi connectivity index (χ0v) is 13.7. The molecule has 0 aromatic carbocycles. The first kappa shape index (κ1) is 20.7. The van der Waals surface area contributed by atoms with Crippen LogP contribution in [0.25, 0.3) is 0 Å². The standard InChI is InChI=1S/C6H14S2.CH4N2O2.Nd/c1-5(2)7-8-6(3)4;2-3-1(4)5;/h5-6H,1-4H3;3H,2H2,(H,4,5);. The minimum atomic E-state index is -1.22. The fourth-order valence-electron chi connectivity index (χ4n) is 0.222. The van der Waals surface area contributed by atoms with E-state index < -0.39 is 6.09 Å². The molecular formula is C7H18N2NdO2S2. The van der Waals surface area contributed by atoms with Crippen LogP contribution in [-0.4, -0.2) is 21.7 Å². The smallest absolute Gasteiger partial charge is 0.418 e. The number of hydrogen-bond donors (Lipinski definition) is 3. The van der Waals surface area contributed by atoms with E-state index in [1.165, 1.54) is 5.43 Å². The summed E-state index contributed by atoms with van der Waals surface area (Å²) in [6, 6.07) is 0. The second kappa shape index (κ2) is 14.3. The Morgan fingerprint density at radius 2 is 1.43 bits per heavy atom. The van der Waals surface area contributed by atoms with Gasteiger partial charge in [0.1, 0.15) is 0 Å². The topological polar surface area (TPSA) is 75.3 Å². The van der Waals surface area contributed by atoms with E-state index in [4.69, 9.17) is 9.90 Å². The third kappa shape index (κ3) is 29.2. The average Bonchev–Trinajstić information content (AvgIpc) is 2.02. The summed E-state index contributed by atoms with van der Waals surface area (Å²) < 4.78 is 0. The van der Waals surface area contributed by atoms with E-state index in [1.54, 1.807) is 0 Å². The number of hydrogen-bond acceptors (Lipinski definition) is 4. The third-order valence-corrected chi connectivity index (χ3v) is 4.09. The van der Waals surface area contributed by atoms with E-state index in [0.717, 1.165) is 10.5 Å². The fraction of sp³-hybridized carbons (Fsp3) is 0.857. The molecule has 0 aromatic rings. The van der Waals surface area contributed by atoms with Crippen molar-refractivity contribution in [2.45, 2.75) is 38.2 Å². The van der Waals surface area contributed by atoms with Gasteiger partial charge >= 0.3 is 6.09 Å². The molecule has 7 heteroatoms. The predicted octanol–water partition coefficient (Wildman–Crippen LogP) is 2.31. The van der Waals surface area contributed by atoms with E-state index >= 15 is 0 Å². The number of rotatable bonds is 3. The van der Waals surface area contributed by atoms with E-state index in [2.05, 4.69) is 33.5 Å². The molecule has 0 saturated carbocycles. The van der Waals surface area contributed by atoms with Crippen molar-refractivity contribution in [2.24, 2.45) is 5.84 Å². The minimum Gasteiger partial charge on any atom is -0.464 e. The quantitative estimate of drug-likeness (QED) is 0.308. The van der Waals surface area contributed by atoms with Crippen LogP contribution in [0.3, 0.4) is 0 Å². The van der Waals surface area contributed by atoms with Crippen LogP contribution in [0.1, 0.15) is 27.7 Å². The molecule has 0 heterocycles. The SMILES string of the molecule is CC(C)SSC(C)C.NNC(=O)O.[Nd]. The number of carbonyl (C=O) groups is 1. The van der Waals surface area contributed by atoms with E-state index in [-0.39, 0.29) is 40.8 Å². The van der Waals surface area contributed by atoms with Gasteiger partial charge in [0.2, 0.25) is 0 Å². The number of nitrogens with one attached hydrogen (secondary N) is 1. The van der Waals surface area contributed by atoms with Crippen LogP contribution in [0, 0.1) is 40.8 Å². The Morgan fingerprint density at radius 1 is 1.21 bits per heavy atom. The second-order valence-corrected chi connectivity index (χ2v) is 6.16. The summed E-state index contributed by atoms with van der Waals surface area (Å²) in [5.74, 6) is 4.32. The van der Waals surface area contributed by atoms with Gasteiger partial charge in [0, 0.05) is 51.3 Å². The zero-order chi connectivity index (χ0) is 10.9. The molecule has 1 amide bonds. The van der Waals surface area contributed by atoms with Crippen LogP contribution in [0.2, 0.25) is 0 Å². The molecular weight excluding hydrogens is 352 g/mol. The zero-order valence-electron chi connectivity index (χ0n) is 8.90. The van der Waals surface area contributed by atoms with Gasteiger partial charge in [-0.25, -0.2) is 10.6 Å². The van der Waals surface area contributed by atoms with E-state index in [1.807, 2.05) is 21.6 Å². The molecule has 14 heavy (non-hydrogen) atoms. The predicted molar refractivity (Wildman–Crippen MR) is 60.8 cm³/mol. The van der Waals surface area contributed by atoms with Gasteiger partial charge in [0.25, 0.3) is 0 Å². The molecule has 4 N–H and O–H groups in total. The van der Waals surface area contributed by atoms with Crippen molar-refractivity contribution in [3.05, 3.63) is 0 Å². The molecule has 4 nitrogen and oxygen atoms in total. The maximum absolute atomic E-state index is 9.13. The molecule has 0 aliphatic rings. The monoisotopic (exact) mass is 368 g/mol. The summed E-state index contributed by atoms with van der Waals surface area (Å²) in [4.78, 5) is 9.13. The molecule has 0 aromatic heterocycles. The first-order valence-electron chi connectivity index (χ1n) is 3.91. The Hall–Kier alpha value is 1.28. The van der Waals surface area contributed by atoms with Crippen molar-refractivity contribution in [3.8, 4) is 0 Å². The van der Waals surface area contributed by atoms with Crippen LogP contribution in [-0.2, 0) is 0 Å². The molecule has 0 radical (unpaired) electrons. The van der Waals surface area contributed by atoms with Crippen LogP contribution < -0.4 is 11.3 Å². The Morgan fingerprint density at radius 3 is 1.50 bits per heavy atom. The summed E-state index contributed by atoms with van der Waals surface area (Å²) in [6.45, 7) is 8.89. The Kier molecular flexibility index (Phi) is 21.1. The molecule has 0 saturated heterocycles. The number of nitrogens with two attached hydrogens (primary N) is 1. The summed E-state index contributed by atoms with van der Waals surface area (Å²) in [7, 11) is 3.91. The second-order valence-electron chi connectivity index (χ2n) is 2.74. The van der Waals surface area contributed by atoms with Gasteiger partial charge in [-0.1, -0.05) is 49.3 Å². The van der Waals surface area contributed by atoms with Gasteiger partial charge in [-0.2, -0.15) is 0 Å². The van der Waals surface area contributed by atoms with Crippen molar-refractivity contribution >= 4 is 27.7 Å². The van der Waals surface area contributed by atoms with Crippen LogP contribution in [0.5, 0.6) is 0 Å². The van der Waals surface area contributed by atoms with Crippen molar-refractivity contribution in [1.82, 2.24) is 5.43 Å². The maximum atomic E-state index is 9.13. The summed E-state index contributed by atoms with van der Waals surface area (Å²) in [5.41, 5.74) is 1.44. The van der Waals surface area contributed by atoms with Crippen molar-refractivity contribution in [2.75, 3.05) is 0 Å². The summed E-state index contributed by atoms with van der Waals surface area (Å²) in [6.07, 6.45) is -1.22. The number of amides is 1. The number of hydrazine groups is 1. The first-order chi connectivity index (χ1) is 5.90. The van der Waals surface area contributed by atoms with Gasteiger partial charge in [-0.05, 0) is 0 Å². The Bertz CT molecular complexity index is 129. The maximum Gasteiger partial charge on any atom is 0.418 e. The van der Waals surface area contributed by atoms with Gasteiger partial charge in [-0.3, -0.25) is 5.43 Å². The normalized spacial score (nSPS) is 8.79. The summed E-state index contributed by atoms with van der Waals surface area (Å²) in [5, 5.41) is 9.02. The fourth-order valence-corrected chi connectivity index (χ4v) is 2.00. The largest absolute Gasteiger partial charge is 0.464 e. The minimum absolute atomic E-state index is 0. The van der Waals surface area contributed by atoms with Gasteiger partial charge < -0.3 is 5.11 Å². The third-order valence-electron chi connectivity index (χ3n) is 0.564. The van der Waals surface area contributed by atoms with Gasteiger partial charge in [0.15, 0.2) is 0 Å². The molecule has 0 atom stereocenters. The Balaban J connectivity index is -0.000000177.